The van der Waals surface area contributed by atoms with Gasteiger partial charge >= 0.3 is 0 Å². The summed E-state index contributed by atoms with van der Waals surface area (Å²) in [6.07, 6.45) is 4.53. The minimum absolute atomic E-state index is 0.194. The first-order chi connectivity index (χ1) is 8.77. The van der Waals surface area contributed by atoms with Gasteiger partial charge in [0.05, 0.1) is 28.1 Å². The number of rotatable bonds is 4. The highest BCUT2D eigenvalue weighted by Crippen LogP contribution is 2.30. The maximum absolute atomic E-state index is 12.7. The van der Waals surface area contributed by atoms with E-state index in [4.69, 9.17) is 4.74 Å². The lowest BCUT2D eigenvalue weighted by Crippen LogP contribution is -2.42. The second-order valence-corrected chi connectivity index (χ2v) is 6.31. The van der Waals surface area contributed by atoms with E-state index in [-0.39, 0.29) is 5.25 Å². The Bertz CT molecular complexity index is 422. The van der Waals surface area contributed by atoms with Crippen LogP contribution in [0.1, 0.15) is 25.7 Å². The Labute approximate surface area is 111 Å². The van der Waals surface area contributed by atoms with Gasteiger partial charge in [0.15, 0.2) is 0 Å². The summed E-state index contributed by atoms with van der Waals surface area (Å²) in [7, 11) is 2.59. The van der Waals surface area contributed by atoms with E-state index >= 15 is 0 Å². The molecule has 0 amide bonds. The molecule has 1 aliphatic rings. The lowest BCUT2D eigenvalue weighted by atomic mass is 9.95. The molecule has 0 bridgehead atoms. The maximum atomic E-state index is 12.7. The molecule has 1 saturated carbocycles. The van der Waals surface area contributed by atoms with E-state index in [1.807, 2.05) is 31.3 Å². The Kier molecular flexibility index (Phi) is 4.78. The van der Waals surface area contributed by atoms with Crippen LogP contribution in [0.5, 0.6) is 5.75 Å². The summed E-state index contributed by atoms with van der Waals surface area (Å²) in [4.78, 5) is 0.826. The molecule has 1 fully saturated rings. The monoisotopic (exact) mass is 267 g/mol. The molecule has 2 rings (SSSR count). The molecule has 1 aromatic carbocycles. The summed E-state index contributed by atoms with van der Waals surface area (Å²) >= 11 is 0. The van der Waals surface area contributed by atoms with Crippen LogP contribution < -0.4 is 10.1 Å². The molecule has 0 heterocycles. The van der Waals surface area contributed by atoms with Crippen molar-refractivity contribution in [3.8, 4) is 5.75 Å². The van der Waals surface area contributed by atoms with Crippen LogP contribution >= 0.6 is 0 Å². The molecular formula is C14H21NO2S. The van der Waals surface area contributed by atoms with Gasteiger partial charge < -0.3 is 10.1 Å². The third kappa shape index (κ3) is 2.75. The van der Waals surface area contributed by atoms with E-state index in [0.717, 1.165) is 23.5 Å². The van der Waals surface area contributed by atoms with Gasteiger partial charge in [-0.1, -0.05) is 25.0 Å². The second-order valence-electron chi connectivity index (χ2n) is 4.67. The van der Waals surface area contributed by atoms with Crippen LogP contribution in [0, 0.1) is 0 Å². The first kappa shape index (κ1) is 13.6. The van der Waals surface area contributed by atoms with Gasteiger partial charge in [0.25, 0.3) is 0 Å². The highest BCUT2D eigenvalue weighted by atomic mass is 32.2. The fraction of sp³-hybridized carbons (Fsp3) is 0.571. The number of hydrogen-bond donors (Lipinski definition) is 1. The van der Waals surface area contributed by atoms with E-state index in [1.54, 1.807) is 7.11 Å². The smallest absolute Gasteiger partial charge is 0.134 e. The van der Waals surface area contributed by atoms with Crippen molar-refractivity contribution in [3.63, 3.8) is 0 Å². The fourth-order valence-electron chi connectivity index (χ4n) is 2.63. The number of para-hydroxylation sites is 1. The lowest BCUT2D eigenvalue weighted by molar-refractivity contribution is 0.392. The predicted molar refractivity (Wildman–Crippen MR) is 74.5 cm³/mol. The SMILES string of the molecule is CNC1CCCCC1S(=O)c1ccccc1OC. The molecule has 3 unspecified atom stereocenters. The van der Waals surface area contributed by atoms with Gasteiger partial charge in [-0.25, -0.2) is 0 Å². The maximum Gasteiger partial charge on any atom is 0.134 e. The van der Waals surface area contributed by atoms with Gasteiger partial charge in [0.1, 0.15) is 5.75 Å². The van der Waals surface area contributed by atoms with Crippen LogP contribution in [0.4, 0.5) is 0 Å². The highest BCUT2D eigenvalue weighted by molar-refractivity contribution is 7.85. The highest BCUT2D eigenvalue weighted by Gasteiger charge is 2.30. The van der Waals surface area contributed by atoms with Crippen LogP contribution in [0.15, 0.2) is 29.2 Å². The molecule has 1 aromatic rings. The average molecular weight is 267 g/mol. The van der Waals surface area contributed by atoms with Gasteiger partial charge in [0, 0.05) is 6.04 Å². The number of hydrogen-bond acceptors (Lipinski definition) is 3. The molecule has 18 heavy (non-hydrogen) atoms. The minimum Gasteiger partial charge on any atom is -0.495 e. The third-order valence-electron chi connectivity index (χ3n) is 3.63. The number of benzene rings is 1. The molecule has 0 spiro atoms. The molecule has 3 atom stereocenters. The van der Waals surface area contributed by atoms with Gasteiger partial charge in [-0.05, 0) is 32.0 Å². The second kappa shape index (κ2) is 6.34. The van der Waals surface area contributed by atoms with Gasteiger partial charge in [0.2, 0.25) is 0 Å². The molecule has 0 saturated heterocycles. The van der Waals surface area contributed by atoms with E-state index in [1.165, 1.54) is 12.8 Å². The normalized spacial score (nSPS) is 25.7. The quantitative estimate of drug-likeness (QED) is 0.910. The average Bonchev–Trinajstić information content (AvgIpc) is 2.46. The van der Waals surface area contributed by atoms with E-state index in [2.05, 4.69) is 5.32 Å². The van der Waals surface area contributed by atoms with E-state index in [9.17, 15) is 4.21 Å². The van der Waals surface area contributed by atoms with Gasteiger partial charge in [-0.15, -0.1) is 0 Å². The van der Waals surface area contributed by atoms with Crippen LogP contribution in [0.3, 0.4) is 0 Å². The molecule has 1 aliphatic carbocycles. The van der Waals surface area contributed by atoms with Gasteiger partial charge in [-0.3, -0.25) is 4.21 Å². The first-order valence-electron chi connectivity index (χ1n) is 6.48. The zero-order valence-electron chi connectivity index (χ0n) is 11.0. The van der Waals surface area contributed by atoms with Crippen LogP contribution in [-0.4, -0.2) is 29.7 Å². The molecule has 0 aromatic heterocycles. The van der Waals surface area contributed by atoms with Crippen LogP contribution in [0.25, 0.3) is 0 Å². The Hall–Kier alpha value is -0.870. The summed E-state index contributed by atoms with van der Waals surface area (Å²) in [5.41, 5.74) is 0. The summed E-state index contributed by atoms with van der Waals surface area (Å²) in [5, 5.41) is 3.50. The van der Waals surface area contributed by atoms with Crippen molar-refractivity contribution >= 4 is 10.8 Å². The number of nitrogens with one attached hydrogen (secondary N) is 1. The molecule has 100 valence electrons. The van der Waals surface area contributed by atoms with Crippen molar-refractivity contribution in [1.29, 1.82) is 0 Å². The van der Waals surface area contributed by atoms with Crippen molar-refractivity contribution in [2.75, 3.05) is 14.2 Å². The molecule has 4 heteroatoms. The fourth-order valence-corrected chi connectivity index (χ4v) is 4.47. The molecule has 0 aliphatic heterocycles. The first-order valence-corrected chi connectivity index (χ1v) is 7.70. The largest absolute Gasteiger partial charge is 0.495 e. The zero-order valence-corrected chi connectivity index (χ0v) is 11.8. The van der Waals surface area contributed by atoms with E-state index < -0.39 is 10.8 Å². The van der Waals surface area contributed by atoms with Crippen molar-refractivity contribution < 1.29 is 8.95 Å². The molecular weight excluding hydrogens is 246 g/mol. The topological polar surface area (TPSA) is 38.3 Å². The Morgan fingerprint density at radius 2 is 2.00 bits per heavy atom. The summed E-state index contributed by atoms with van der Waals surface area (Å²) < 4.78 is 18.1. The number of ether oxygens (including phenoxy) is 1. The van der Waals surface area contributed by atoms with E-state index in [0.29, 0.717) is 6.04 Å². The Balaban J connectivity index is 2.24. The predicted octanol–water partition coefficient (Wildman–Crippen LogP) is 2.33. The van der Waals surface area contributed by atoms with Crippen molar-refractivity contribution in [1.82, 2.24) is 5.32 Å². The summed E-state index contributed by atoms with van der Waals surface area (Å²) in [5.74, 6) is 0.733. The minimum atomic E-state index is -0.999. The number of methoxy groups -OCH3 is 1. The Morgan fingerprint density at radius 3 is 2.72 bits per heavy atom. The Morgan fingerprint density at radius 1 is 1.28 bits per heavy atom. The summed E-state index contributed by atoms with van der Waals surface area (Å²) in [6.45, 7) is 0. The molecule has 3 nitrogen and oxygen atoms in total. The van der Waals surface area contributed by atoms with Crippen LogP contribution in [0.2, 0.25) is 0 Å². The van der Waals surface area contributed by atoms with Gasteiger partial charge in [-0.2, -0.15) is 0 Å². The zero-order chi connectivity index (χ0) is 13.0. The standard InChI is InChI=1S/C14H21NO2S/c1-15-11-7-3-5-9-13(11)18(16)14-10-6-4-8-12(14)17-2/h4,6,8,10-11,13,15H,3,5,7,9H2,1-2H3. The lowest BCUT2D eigenvalue weighted by Gasteiger charge is -2.30. The van der Waals surface area contributed by atoms with Crippen molar-refractivity contribution in [3.05, 3.63) is 24.3 Å². The van der Waals surface area contributed by atoms with Crippen LogP contribution in [-0.2, 0) is 10.8 Å². The summed E-state index contributed by atoms with van der Waals surface area (Å²) in [6, 6.07) is 7.98. The van der Waals surface area contributed by atoms with Crippen molar-refractivity contribution in [2.45, 2.75) is 41.9 Å². The molecule has 0 radical (unpaired) electrons. The van der Waals surface area contributed by atoms with Crippen molar-refractivity contribution in [2.24, 2.45) is 0 Å². The molecule has 1 N–H and O–H groups in total. The third-order valence-corrected chi connectivity index (χ3v) is 5.52.